The van der Waals surface area contributed by atoms with Crippen LogP contribution in [0.4, 0.5) is 4.79 Å². The van der Waals surface area contributed by atoms with E-state index in [1.54, 1.807) is 0 Å². The second-order valence-electron chi connectivity index (χ2n) is 9.84. The number of carbonyl (C=O) groups excluding carboxylic acids is 1. The fourth-order valence-electron chi connectivity index (χ4n) is 4.00. The van der Waals surface area contributed by atoms with Crippen molar-refractivity contribution < 1.29 is 58.8 Å². The molecule has 0 spiro atoms. The SMILES string of the molecule is CCCCCCCCCCCCCCCCCCNC(=O)C(NC(=O)O)C(C)C.[Ac].[c-]1ccccc1. The summed E-state index contributed by atoms with van der Waals surface area (Å²) in [7, 11) is 0. The van der Waals surface area contributed by atoms with E-state index in [4.69, 9.17) is 5.11 Å². The van der Waals surface area contributed by atoms with Crippen LogP contribution in [0.3, 0.4) is 0 Å². The van der Waals surface area contributed by atoms with Gasteiger partial charge in [0.2, 0.25) is 5.91 Å². The molecule has 0 bridgehead atoms. The van der Waals surface area contributed by atoms with Gasteiger partial charge in [0, 0.05) is 50.6 Å². The molecule has 5 nitrogen and oxygen atoms in total. The van der Waals surface area contributed by atoms with Gasteiger partial charge in [-0.1, -0.05) is 117 Å². The third kappa shape index (κ3) is 26.5. The Balaban J connectivity index is 0. The van der Waals surface area contributed by atoms with E-state index in [1.807, 2.05) is 44.2 Å². The molecule has 0 aliphatic carbocycles. The van der Waals surface area contributed by atoms with Gasteiger partial charge in [-0.05, 0) is 12.3 Å². The summed E-state index contributed by atoms with van der Waals surface area (Å²) < 4.78 is 0. The van der Waals surface area contributed by atoms with Crippen molar-refractivity contribution in [3.8, 4) is 0 Å². The van der Waals surface area contributed by atoms with Crippen molar-refractivity contribution in [3.05, 3.63) is 36.4 Å². The van der Waals surface area contributed by atoms with E-state index in [9.17, 15) is 9.59 Å². The van der Waals surface area contributed by atoms with Crippen molar-refractivity contribution in [1.82, 2.24) is 10.6 Å². The van der Waals surface area contributed by atoms with Crippen molar-refractivity contribution in [2.24, 2.45) is 5.92 Å². The second kappa shape index (κ2) is 29.0. The van der Waals surface area contributed by atoms with Crippen LogP contribution in [0.2, 0.25) is 0 Å². The molecule has 0 saturated heterocycles. The third-order valence-electron chi connectivity index (χ3n) is 6.16. The molecule has 1 aromatic rings. The minimum Gasteiger partial charge on any atom is -0.465 e. The molecule has 6 heteroatoms. The van der Waals surface area contributed by atoms with Crippen LogP contribution in [0.15, 0.2) is 30.3 Å². The predicted octanol–water partition coefficient (Wildman–Crippen LogP) is 8.14. The molecule has 1 atom stereocenters. The van der Waals surface area contributed by atoms with Gasteiger partial charge in [0.05, 0.1) is 0 Å². The van der Waals surface area contributed by atoms with E-state index >= 15 is 0 Å². The van der Waals surface area contributed by atoms with Crippen LogP contribution < -0.4 is 10.6 Å². The molecular weight excluding hydrogens is 663 g/mol. The minimum atomic E-state index is -1.15. The summed E-state index contributed by atoms with van der Waals surface area (Å²) >= 11 is 0. The van der Waals surface area contributed by atoms with E-state index in [2.05, 4.69) is 23.6 Å². The van der Waals surface area contributed by atoms with Crippen LogP contribution in [0.5, 0.6) is 0 Å². The molecule has 0 aromatic heterocycles. The number of amides is 2. The Morgan fingerprint density at radius 2 is 1.14 bits per heavy atom. The number of carboxylic acid groups (broad SMARTS) is 1. The smallest absolute Gasteiger partial charge is 0.405 e. The van der Waals surface area contributed by atoms with Gasteiger partial charge in [-0.15, -0.1) is 0 Å². The molecule has 0 aliphatic rings. The predicted molar refractivity (Wildman–Crippen MR) is 148 cm³/mol. The zero-order valence-electron chi connectivity index (χ0n) is 23.4. The average Bonchev–Trinajstić information content (AvgIpc) is 2.85. The van der Waals surface area contributed by atoms with Crippen LogP contribution in [-0.2, 0) is 4.79 Å². The molecule has 1 aromatic carbocycles. The normalized spacial score (nSPS) is 11.1. The molecule has 1 unspecified atom stereocenters. The number of hydrogen-bond donors (Lipinski definition) is 3. The second-order valence-corrected chi connectivity index (χ2v) is 9.84. The summed E-state index contributed by atoms with van der Waals surface area (Å²) in [5, 5.41) is 14.0. The molecule has 0 heterocycles. The van der Waals surface area contributed by atoms with E-state index in [1.165, 1.54) is 89.9 Å². The van der Waals surface area contributed by atoms with Crippen LogP contribution in [0, 0.1) is 56.0 Å². The topological polar surface area (TPSA) is 78.4 Å². The van der Waals surface area contributed by atoms with Crippen molar-refractivity contribution in [2.45, 2.75) is 130 Å². The summed E-state index contributed by atoms with van der Waals surface area (Å²) in [6.07, 6.45) is 20.1. The number of nitrogens with one attached hydrogen (secondary N) is 2. The van der Waals surface area contributed by atoms with Crippen LogP contribution >= 0.6 is 0 Å². The Morgan fingerprint density at radius 3 is 1.44 bits per heavy atom. The number of hydrogen-bond acceptors (Lipinski definition) is 2. The molecule has 205 valence electrons. The Hall–Kier alpha value is -0.598. The summed E-state index contributed by atoms with van der Waals surface area (Å²) in [5.74, 6) is -0.278. The average molecular weight is 717 g/mol. The number of unbranched alkanes of at least 4 members (excludes halogenated alkanes) is 15. The molecule has 0 saturated carbocycles. The first-order valence-electron chi connectivity index (χ1n) is 14.2. The van der Waals surface area contributed by atoms with Gasteiger partial charge in [-0.2, -0.15) is 36.4 Å². The Kier molecular flexibility index (Phi) is 30.2. The monoisotopic (exact) mass is 716 g/mol. The molecule has 0 fully saturated rings. The quantitative estimate of drug-likeness (QED) is 0.0943. The van der Waals surface area contributed by atoms with Gasteiger partial charge in [-0.3, -0.25) is 4.79 Å². The minimum absolute atomic E-state index is 0. The maximum absolute atomic E-state index is 12.0. The van der Waals surface area contributed by atoms with Gasteiger partial charge < -0.3 is 15.7 Å². The van der Waals surface area contributed by atoms with Gasteiger partial charge in [0.25, 0.3) is 0 Å². The molecule has 36 heavy (non-hydrogen) atoms. The first-order valence-corrected chi connectivity index (χ1v) is 14.2. The van der Waals surface area contributed by atoms with E-state index < -0.39 is 12.1 Å². The summed E-state index contributed by atoms with van der Waals surface area (Å²) in [6.45, 7) is 6.58. The first-order chi connectivity index (χ1) is 17.0. The Morgan fingerprint density at radius 1 is 0.722 bits per heavy atom. The molecule has 3 N–H and O–H groups in total. The maximum Gasteiger partial charge on any atom is 0.405 e. The molecular formula is C30H53AcN2O3-. The van der Waals surface area contributed by atoms with Gasteiger partial charge in [-0.25, -0.2) is 4.79 Å². The van der Waals surface area contributed by atoms with Crippen molar-refractivity contribution in [1.29, 1.82) is 0 Å². The fourth-order valence-corrected chi connectivity index (χ4v) is 4.00. The van der Waals surface area contributed by atoms with Crippen LogP contribution in [0.1, 0.15) is 124 Å². The van der Waals surface area contributed by atoms with Crippen molar-refractivity contribution in [2.75, 3.05) is 6.54 Å². The maximum atomic E-state index is 12.0. The van der Waals surface area contributed by atoms with E-state index in [0.717, 1.165) is 12.8 Å². The zero-order valence-corrected chi connectivity index (χ0v) is 28.1. The molecule has 1 radical (unpaired) electrons. The molecule has 1 rings (SSSR count). The number of carbonyl (C=O) groups is 2. The van der Waals surface area contributed by atoms with E-state index in [-0.39, 0.29) is 55.9 Å². The standard InChI is InChI=1S/C24H48N2O3.C6H5.Ac/c1-4-5-6-7-8-9-10-11-12-13-14-15-16-17-18-19-20-25-23(27)22(21(2)3)26-24(28)29;1-2-4-6-5-3-1;/h21-22,26H,4-20H2,1-3H3,(H,25,27)(H,28,29);1-5H;/q;-1;. The summed E-state index contributed by atoms with van der Waals surface area (Å²) in [4.78, 5) is 22.8. The largest absolute Gasteiger partial charge is 0.465 e. The van der Waals surface area contributed by atoms with Crippen molar-refractivity contribution in [3.63, 3.8) is 0 Å². The molecule has 2 amide bonds. The zero-order chi connectivity index (χ0) is 26.0. The first kappa shape index (κ1) is 37.6. The van der Waals surface area contributed by atoms with E-state index in [0.29, 0.717) is 6.54 Å². The third-order valence-corrected chi connectivity index (χ3v) is 6.16. The van der Waals surface area contributed by atoms with Gasteiger partial charge in [0.15, 0.2) is 0 Å². The summed E-state index contributed by atoms with van der Waals surface area (Å²) in [6, 6.07) is 11.8. The summed E-state index contributed by atoms with van der Waals surface area (Å²) in [5.41, 5.74) is 0. The van der Waals surface area contributed by atoms with Gasteiger partial charge >= 0.3 is 6.09 Å². The number of benzene rings is 1. The Bertz CT molecular complexity index is 572. The fraction of sp³-hybridized carbons (Fsp3) is 0.733. The van der Waals surface area contributed by atoms with Crippen LogP contribution in [-0.4, -0.2) is 29.7 Å². The number of rotatable bonds is 20. The van der Waals surface area contributed by atoms with Crippen molar-refractivity contribution >= 4 is 12.0 Å². The Labute approximate surface area is 257 Å². The van der Waals surface area contributed by atoms with Crippen LogP contribution in [0.25, 0.3) is 0 Å². The molecule has 0 aliphatic heterocycles. The van der Waals surface area contributed by atoms with Gasteiger partial charge in [0.1, 0.15) is 6.04 Å².